The predicted octanol–water partition coefficient (Wildman–Crippen LogP) is 3.69. The first-order chi connectivity index (χ1) is 8.13. The van der Waals surface area contributed by atoms with Crippen molar-refractivity contribution < 1.29 is 4.74 Å². The summed E-state index contributed by atoms with van der Waals surface area (Å²) in [6.45, 7) is 5.81. The molecule has 4 heteroatoms. The fourth-order valence-corrected chi connectivity index (χ4v) is 2.72. The summed E-state index contributed by atoms with van der Waals surface area (Å²) in [5, 5.41) is 0.768. The lowest BCUT2D eigenvalue weighted by Crippen LogP contribution is -2.47. The van der Waals surface area contributed by atoms with Crippen molar-refractivity contribution in [2.24, 2.45) is 0 Å². The highest BCUT2D eigenvalue weighted by atomic mass is 35.5. The van der Waals surface area contributed by atoms with Gasteiger partial charge in [-0.05, 0) is 25.5 Å². The van der Waals surface area contributed by atoms with E-state index < -0.39 is 0 Å². The maximum Gasteiger partial charge on any atom is 0.0723 e. The second-order valence-corrected chi connectivity index (χ2v) is 5.20. The SMILES string of the molecule is CC1CN(c2c(Cl)cccc2CCl)C(C)CO1. The van der Waals surface area contributed by atoms with Crippen molar-refractivity contribution >= 4 is 28.9 Å². The van der Waals surface area contributed by atoms with Crippen LogP contribution in [0.5, 0.6) is 0 Å². The third-order valence-electron chi connectivity index (χ3n) is 3.11. The van der Waals surface area contributed by atoms with Crippen molar-refractivity contribution in [3.8, 4) is 0 Å². The topological polar surface area (TPSA) is 12.5 Å². The number of hydrogen-bond donors (Lipinski definition) is 0. The Bertz CT molecular complexity index is 397. The van der Waals surface area contributed by atoms with Crippen LogP contribution >= 0.6 is 23.2 Å². The van der Waals surface area contributed by atoms with Gasteiger partial charge in [0.2, 0.25) is 0 Å². The van der Waals surface area contributed by atoms with E-state index in [4.69, 9.17) is 27.9 Å². The summed E-state index contributed by atoms with van der Waals surface area (Å²) >= 11 is 12.3. The molecule has 17 heavy (non-hydrogen) atoms. The Morgan fingerprint density at radius 3 is 2.88 bits per heavy atom. The van der Waals surface area contributed by atoms with Crippen LogP contribution in [0.2, 0.25) is 5.02 Å². The number of halogens is 2. The third kappa shape index (κ3) is 2.70. The van der Waals surface area contributed by atoms with Crippen LogP contribution in [0.25, 0.3) is 0 Å². The van der Waals surface area contributed by atoms with Crippen LogP contribution in [-0.2, 0) is 10.6 Å². The molecule has 0 spiro atoms. The van der Waals surface area contributed by atoms with Gasteiger partial charge in [-0.2, -0.15) is 0 Å². The number of morpholine rings is 1. The van der Waals surface area contributed by atoms with E-state index in [2.05, 4.69) is 18.7 Å². The lowest BCUT2D eigenvalue weighted by molar-refractivity contribution is 0.0343. The van der Waals surface area contributed by atoms with Crippen molar-refractivity contribution in [1.82, 2.24) is 0 Å². The molecule has 0 aromatic heterocycles. The van der Waals surface area contributed by atoms with Crippen LogP contribution in [0.1, 0.15) is 19.4 Å². The predicted molar refractivity (Wildman–Crippen MR) is 73.2 cm³/mol. The molecule has 1 aliphatic heterocycles. The second-order valence-electron chi connectivity index (χ2n) is 4.53. The van der Waals surface area contributed by atoms with Crippen LogP contribution in [-0.4, -0.2) is 25.3 Å². The summed E-state index contributed by atoms with van der Waals surface area (Å²) in [6.07, 6.45) is 0.227. The lowest BCUT2D eigenvalue weighted by Gasteiger charge is -2.39. The minimum absolute atomic E-state index is 0.227. The van der Waals surface area contributed by atoms with Gasteiger partial charge in [0.1, 0.15) is 0 Å². The first kappa shape index (κ1) is 13.0. The van der Waals surface area contributed by atoms with E-state index in [1.807, 2.05) is 18.2 Å². The van der Waals surface area contributed by atoms with E-state index in [-0.39, 0.29) is 6.10 Å². The third-order valence-corrected chi connectivity index (χ3v) is 3.70. The molecule has 2 atom stereocenters. The molecule has 0 aliphatic carbocycles. The fourth-order valence-electron chi connectivity index (χ4n) is 2.20. The van der Waals surface area contributed by atoms with E-state index in [0.717, 1.165) is 29.4 Å². The molecule has 0 N–H and O–H groups in total. The van der Waals surface area contributed by atoms with Gasteiger partial charge in [-0.25, -0.2) is 0 Å². The van der Waals surface area contributed by atoms with Crippen LogP contribution in [0, 0.1) is 0 Å². The molecule has 94 valence electrons. The number of anilines is 1. The van der Waals surface area contributed by atoms with E-state index in [1.54, 1.807) is 0 Å². The number of hydrogen-bond acceptors (Lipinski definition) is 2. The monoisotopic (exact) mass is 273 g/mol. The van der Waals surface area contributed by atoms with Crippen LogP contribution in [0.4, 0.5) is 5.69 Å². The summed E-state index contributed by atoms with van der Waals surface area (Å²) in [6, 6.07) is 6.21. The van der Waals surface area contributed by atoms with Gasteiger partial charge in [-0.1, -0.05) is 23.7 Å². The Labute approximate surface area is 112 Å². The maximum atomic E-state index is 6.31. The average molecular weight is 274 g/mol. The maximum absolute atomic E-state index is 6.31. The fraction of sp³-hybridized carbons (Fsp3) is 0.538. The van der Waals surface area contributed by atoms with Crippen molar-refractivity contribution in [2.45, 2.75) is 31.9 Å². The summed E-state index contributed by atoms with van der Waals surface area (Å²) < 4.78 is 5.64. The van der Waals surface area contributed by atoms with Gasteiger partial charge >= 0.3 is 0 Å². The molecule has 1 heterocycles. The average Bonchev–Trinajstić information content (AvgIpc) is 2.32. The lowest BCUT2D eigenvalue weighted by atomic mass is 10.1. The normalized spacial score (nSPS) is 25.1. The van der Waals surface area contributed by atoms with E-state index in [9.17, 15) is 0 Å². The Morgan fingerprint density at radius 2 is 2.18 bits per heavy atom. The second kappa shape index (κ2) is 5.47. The number of para-hydroxylation sites is 1. The number of ether oxygens (including phenoxy) is 1. The minimum Gasteiger partial charge on any atom is -0.375 e. The molecule has 1 fully saturated rings. The summed E-state index contributed by atoms with van der Waals surface area (Å²) in [5.74, 6) is 0.481. The Hall–Kier alpha value is -0.440. The zero-order valence-corrected chi connectivity index (χ0v) is 11.6. The highest BCUT2D eigenvalue weighted by Gasteiger charge is 2.26. The van der Waals surface area contributed by atoms with Crippen LogP contribution in [0.3, 0.4) is 0 Å². The van der Waals surface area contributed by atoms with Gasteiger partial charge in [0.05, 0.1) is 23.4 Å². The van der Waals surface area contributed by atoms with Gasteiger partial charge in [0, 0.05) is 18.5 Å². The quantitative estimate of drug-likeness (QED) is 0.762. The van der Waals surface area contributed by atoms with Crippen molar-refractivity contribution in [3.63, 3.8) is 0 Å². The number of benzene rings is 1. The molecule has 1 aliphatic rings. The summed E-state index contributed by atoms with van der Waals surface area (Å²) in [4.78, 5) is 2.30. The standard InChI is InChI=1S/C13H17Cl2NO/c1-9-8-17-10(2)7-16(9)13-11(6-14)4-3-5-12(13)15/h3-5,9-10H,6-8H2,1-2H3. The first-order valence-corrected chi connectivity index (χ1v) is 6.76. The van der Waals surface area contributed by atoms with E-state index in [0.29, 0.717) is 11.9 Å². The number of nitrogens with zero attached hydrogens (tertiary/aromatic N) is 1. The molecule has 2 rings (SSSR count). The molecule has 2 nitrogen and oxygen atoms in total. The van der Waals surface area contributed by atoms with Crippen molar-refractivity contribution in [1.29, 1.82) is 0 Å². The van der Waals surface area contributed by atoms with E-state index in [1.165, 1.54) is 0 Å². The molecule has 2 unspecified atom stereocenters. The smallest absolute Gasteiger partial charge is 0.0723 e. The highest BCUT2D eigenvalue weighted by molar-refractivity contribution is 6.33. The summed E-state index contributed by atoms with van der Waals surface area (Å²) in [7, 11) is 0. The van der Waals surface area contributed by atoms with Crippen LogP contribution < -0.4 is 4.90 Å². The Balaban J connectivity index is 2.37. The molecule has 1 aromatic carbocycles. The molecule has 0 amide bonds. The van der Waals surface area contributed by atoms with Gasteiger partial charge in [-0.3, -0.25) is 0 Å². The summed E-state index contributed by atoms with van der Waals surface area (Å²) in [5.41, 5.74) is 2.15. The molecular weight excluding hydrogens is 257 g/mol. The molecule has 0 bridgehead atoms. The first-order valence-electron chi connectivity index (χ1n) is 5.85. The van der Waals surface area contributed by atoms with Crippen LogP contribution in [0.15, 0.2) is 18.2 Å². The number of rotatable bonds is 2. The molecule has 0 saturated carbocycles. The number of alkyl halides is 1. The van der Waals surface area contributed by atoms with E-state index >= 15 is 0 Å². The van der Waals surface area contributed by atoms with Crippen molar-refractivity contribution in [3.05, 3.63) is 28.8 Å². The molecule has 1 saturated heterocycles. The van der Waals surface area contributed by atoms with Gasteiger partial charge in [0.25, 0.3) is 0 Å². The zero-order valence-electron chi connectivity index (χ0n) is 10.1. The highest BCUT2D eigenvalue weighted by Crippen LogP contribution is 2.33. The van der Waals surface area contributed by atoms with Gasteiger partial charge < -0.3 is 9.64 Å². The van der Waals surface area contributed by atoms with Crippen molar-refractivity contribution in [2.75, 3.05) is 18.1 Å². The molecule has 0 radical (unpaired) electrons. The Kier molecular flexibility index (Phi) is 4.18. The largest absolute Gasteiger partial charge is 0.375 e. The molecule has 1 aromatic rings. The minimum atomic E-state index is 0.227. The van der Waals surface area contributed by atoms with Gasteiger partial charge in [-0.15, -0.1) is 11.6 Å². The Morgan fingerprint density at radius 1 is 1.41 bits per heavy atom. The zero-order chi connectivity index (χ0) is 12.4. The van der Waals surface area contributed by atoms with Gasteiger partial charge in [0.15, 0.2) is 0 Å². The molecular formula is C13H17Cl2NO.